The maximum absolute atomic E-state index is 10.8. The minimum atomic E-state index is 0.563. The molecule has 0 aromatic carbocycles. The lowest BCUT2D eigenvalue weighted by Gasteiger charge is -2.17. The summed E-state index contributed by atoms with van der Waals surface area (Å²) in [4.78, 5) is 10.8. The molecule has 0 N–H and O–H groups in total. The van der Waals surface area contributed by atoms with Crippen molar-refractivity contribution < 1.29 is 4.79 Å². The van der Waals surface area contributed by atoms with Gasteiger partial charge in [0.05, 0.1) is 5.69 Å². The topological polar surface area (TPSA) is 22.0 Å². The first-order chi connectivity index (χ1) is 6.92. The van der Waals surface area contributed by atoms with E-state index >= 15 is 0 Å². The molecule has 0 spiro atoms. The van der Waals surface area contributed by atoms with Crippen LogP contribution in [0.1, 0.15) is 55.1 Å². The van der Waals surface area contributed by atoms with E-state index in [1.165, 1.54) is 38.5 Å². The van der Waals surface area contributed by atoms with Gasteiger partial charge in [-0.05, 0) is 25.0 Å². The highest BCUT2D eigenvalue weighted by molar-refractivity contribution is 5.72. The van der Waals surface area contributed by atoms with Crippen LogP contribution in [0.3, 0.4) is 0 Å². The molecule has 14 heavy (non-hydrogen) atoms. The molecular weight excluding hydrogens is 174 g/mol. The minimum absolute atomic E-state index is 0.563. The van der Waals surface area contributed by atoms with E-state index in [4.69, 9.17) is 0 Å². The lowest BCUT2D eigenvalue weighted by atomic mass is 10.1. The summed E-state index contributed by atoms with van der Waals surface area (Å²) in [5, 5.41) is 0. The number of carbonyl (C=O) groups is 1. The Morgan fingerprint density at radius 1 is 1.21 bits per heavy atom. The molecule has 0 amide bonds. The quantitative estimate of drug-likeness (QED) is 0.519. The van der Waals surface area contributed by atoms with Gasteiger partial charge < -0.3 is 4.57 Å². The van der Waals surface area contributed by atoms with Crippen LogP contribution in [0.15, 0.2) is 18.3 Å². The molecular formula is C12H17NO. The van der Waals surface area contributed by atoms with Gasteiger partial charge in [-0.15, -0.1) is 0 Å². The predicted molar refractivity (Wildman–Crippen MR) is 56.6 cm³/mol. The zero-order valence-corrected chi connectivity index (χ0v) is 8.48. The smallest absolute Gasteiger partial charge is 0.166 e. The third-order valence-electron chi connectivity index (χ3n) is 3.15. The average Bonchev–Trinajstić information content (AvgIpc) is 2.52. The molecule has 0 saturated heterocycles. The number of aldehydes is 1. The summed E-state index contributed by atoms with van der Waals surface area (Å²) in [5.41, 5.74) is 0.830. The largest absolute Gasteiger partial charge is 0.342 e. The summed E-state index contributed by atoms with van der Waals surface area (Å²) in [7, 11) is 0. The van der Waals surface area contributed by atoms with Crippen LogP contribution in [-0.4, -0.2) is 10.9 Å². The highest BCUT2D eigenvalue weighted by atomic mass is 16.1. The van der Waals surface area contributed by atoms with Crippen molar-refractivity contribution in [3.05, 3.63) is 24.0 Å². The first-order valence-corrected chi connectivity index (χ1v) is 5.54. The Bertz CT molecular complexity index is 295. The Morgan fingerprint density at radius 3 is 2.57 bits per heavy atom. The second-order valence-corrected chi connectivity index (χ2v) is 4.10. The molecule has 1 fully saturated rings. The molecule has 0 aliphatic heterocycles. The first kappa shape index (κ1) is 9.50. The zero-order chi connectivity index (χ0) is 9.80. The van der Waals surface area contributed by atoms with E-state index in [0.717, 1.165) is 12.0 Å². The molecule has 0 bridgehead atoms. The summed E-state index contributed by atoms with van der Waals surface area (Å²) in [6, 6.07) is 4.43. The molecule has 1 aliphatic carbocycles. The summed E-state index contributed by atoms with van der Waals surface area (Å²) < 4.78 is 2.15. The maximum Gasteiger partial charge on any atom is 0.166 e. The van der Waals surface area contributed by atoms with E-state index in [1.54, 1.807) is 0 Å². The van der Waals surface area contributed by atoms with Crippen LogP contribution < -0.4 is 0 Å². The second-order valence-electron chi connectivity index (χ2n) is 4.10. The van der Waals surface area contributed by atoms with Gasteiger partial charge in [0.15, 0.2) is 6.29 Å². The standard InChI is InChI=1S/C12H17NO/c14-10-12-8-5-9-13(12)11-6-3-1-2-4-7-11/h5,8-11H,1-4,6-7H2. The van der Waals surface area contributed by atoms with E-state index in [1.807, 2.05) is 18.3 Å². The monoisotopic (exact) mass is 191 g/mol. The molecule has 1 heterocycles. The molecule has 2 heteroatoms. The van der Waals surface area contributed by atoms with Crippen molar-refractivity contribution in [1.29, 1.82) is 0 Å². The number of hydrogen-bond acceptors (Lipinski definition) is 1. The number of aromatic nitrogens is 1. The number of carbonyl (C=O) groups excluding carboxylic acids is 1. The van der Waals surface area contributed by atoms with Crippen molar-refractivity contribution in [2.24, 2.45) is 0 Å². The van der Waals surface area contributed by atoms with Gasteiger partial charge in [0.1, 0.15) is 0 Å². The van der Waals surface area contributed by atoms with Crippen molar-refractivity contribution in [1.82, 2.24) is 4.57 Å². The van der Waals surface area contributed by atoms with E-state index < -0.39 is 0 Å². The van der Waals surface area contributed by atoms with E-state index in [2.05, 4.69) is 4.57 Å². The maximum atomic E-state index is 10.8. The van der Waals surface area contributed by atoms with Crippen molar-refractivity contribution >= 4 is 6.29 Å². The summed E-state index contributed by atoms with van der Waals surface area (Å²) >= 11 is 0. The molecule has 0 atom stereocenters. The second kappa shape index (κ2) is 4.45. The summed E-state index contributed by atoms with van der Waals surface area (Å²) in [6.07, 6.45) is 10.8. The molecule has 0 radical (unpaired) electrons. The van der Waals surface area contributed by atoms with Crippen LogP contribution in [0.5, 0.6) is 0 Å². The lowest BCUT2D eigenvalue weighted by Crippen LogP contribution is -2.09. The first-order valence-electron chi connectivity index (χ1n) is 5.54. The van der Waals surface area contributed by atoms with Gasteiger partial charge in [-0.2, -0.15) is 0 Å². The Hall–Kier alpha value is -1.05. The lowest BCUT2D eigenvalue weighted by molar-refractivity contribution is 0.111. The van der Waals surface area contributed by atoms with Gasteiger partial charge in [-0.25, -0.2) is 0 Å². The van der Waals surface area contributed by atoms with Crippen LogP contribution >= 0.6 is 0 Å². The Balaban J connectivity index is 2.15. The van der Waals surface area contributed by atoms with Gasteiger partial charge >= 0.3 is 0 Å². The molecule has 1 aromatic rings. The highest BCUT2D eigenvalue weighted by Gasteiger charge is 2.15. The normalized spacial score (nSPS) is 19.1. The zero-order valence-electron chi connectivity index (χ0n) is 8.48. The van der Waals surface area contributed by atoms with Crippen LogP contribution in [-0.2, 0) is 0 Å². The molecule has 0 unspecified atom stereocenters. The molecule has 2 rings (SSSR count). The van der Waals surface area contributed by atoms with Gasteiger partial charge in [-0.1, -0.05) is 25.7 Å². The number of rotatable bonds is 2. The van der Waals surface area contributed by atoms with Crippen LogP contribution in [0, 0.1) is 0 Å². The van der Waals surface area contributed by atoms with Crippen LogP contribution in [0.4, 0.5) is 0 Å². The van der Waals surface area contributed by atoms with E-state index in [9.17, 15) is 4.79 Å². The molecule has 1 aromatic heterocycles. The van der Waals surface area contributed by atoms with Crippen LogP contribution in [0.25, 0.3) is 0 Å². The van der Waals surface area contributed by atoms with E-state index in [-0.39, 0.29) is 0 Å². The summed E-state index contributed by atoms with van der Waals surface area (Å²) in [6.45, 7) is 0. The van der Waals surface area contributed by atoms with Gasteiger partial charge in [-0.3, -0.25) is 4.79 Å². The SMILES string of the molecule is O=Cc1cccn1C1CCCCCC1. The van der Waals surface area contributed by atoms with Crippen molar-refractivity contribution in [2.45, 2.75) is 44.6 Å². The third-order valence-corrected chi connectivity index (χ3v) is 3.15. The minimum Gasteiger partial charge on any atom is -0.342 e. The van der Waals surface area contributed by atoms with Gasteiger partial charge in [0.2, 0.25) is 0 Å². The third kappa shape index (κ3) is 1.89. The Kier molecular flexibility index (Phi) is 3.02. The molecule has 2 nitrogen and oxygen atoms in total. The van der Waals surface area contributed by atoms with Crippen molar-refractivity contribution in [2.75, 3.05) is 0 Å². The summed E-state index contributed by atoms with van der Waals surface area (Å²) in [5.74, 6) is 0. The molecule has 76 valence electrons. The Labute approximate surface area is 84.9 Å². The van der Waals surface area contributed by atoms with Crippen molar-refractivity contribution in [3.8, 4) is 0 Å². The predicted octanol–water partition coefficient (Wildman–Crippen LogP) is 3.20. The van der Waals surface area contributed by atoms with Crippen molar-refractivity contribution in [3.63, 3.8) is 0 Å². The number of nitrogens with zero attached hydrogens (tertiary/aromatic N) is 1. The van der Waals surface area contributed by atoms with Gasteiger partial charge in [0.25, 0.3) is 0 Å². The van der Waals surface area contributed by atoms with E-state index in [0.29, 0.717) is 6.04 Å². The van der Waals surface area contributed by atoms with Gasteiger partial charge in [0, 0.05) is 12.2 Å². The number of hydrogen-bond donors (Lipinski definition) is 0. The fourth-order valence-corrected chi connectivity index (χ4v) is 2.38. The molecule has 1 aliphatic rings. The average molecular weight is 191 g/mol. The van der Waals surface area contributed by atoms with Crippen LogP contribution in [0.2, 0.25) is 0 Å². The molecule has 1 saturated carbocycles. The Morgan fingerprint density at radius 2 is 1.93 bits per heavy atom. The highest BCUT2D eigenvalue weighted by Crippen LogP contribution is 2.27. The fourth-order valence-electron chi connectivity index (χ4n) is 2.38. The fraction of sp³-hybridized carbons (Fsp3) is 0.583.